The topological polar surface area (TPSA) is 80.8 Å². The number of piperidine rings is 1. The van der Waals surface area contributed by atoms with Crippen molar-refractivity contribution in [3.8, 4) is 11.5 Å². The minimum Gasteiger partial charge on any atom is -0.491 e. The van der Waals surface area contributed by atoms with Crippen molar-refractivity contribution in [1.29, 1.82) is 0 Å². The molecular formula is C30H36ClN3O4S. The molecule has 1 fully saturated rings. The standard InChI is InChI=1S/C30H36ClN3O4S/c1-19-9-8-10-20(2)26(19)37-17-21(3)32-27(35)24-18-39-28(33-24)22-13-15-34(16-14-22)29(36)30(4,5)38-25-12-7-6-11-23(25)31/h6-12,18,21-22H,13-17H2,1-5H3,(H,32,35). The van der Waals surface area contributed by atoms with Crippen LogP contribution >= 0.6 is 22.9 Å². The summed E-state index contributed by atoms with van der Waals surface area (Å²) in [5.74, 6) is 1.28. The fourth-order valence-electron chi connectivity index (χ4n) is 4.71. The Kier molecular flexibility index (Phi) is 9.18. The van der Waals surface area contributed by atoms with Crippen molar-refractivity contribution in [3.63, 3.8) is 0 Å². The summed E-state index contributed by atoms with van der Waals surface area (Å²) in [6.07, 6.45) is 1.56. The first-order chi connectivity index (χ1) is 18.5. The van der Waals surface area contributed by atoms with Gasteiger partial charge in [-0.25, -0.2) is 4.98 Å². The monoisotopic (exact) mass is 569 g/mol. The van der Waals surface area contributed by atoms with Crippen LogP contribution in [-0.4, -0.2) is 53.0 Å². The van der Waals surface area contributed by atoms with E-state index < -0.39 is 5.60 Å². The molecule has 2 aromatic carbocycles. The van der Waals surface area contributed by atoms with E-state index in [2.05, 4.69) is 10.3 Å². The van der Waals surface area contributed by atoms with E-state index >= 15 is 0 Å². The highest BCUT2D eigenvalue weighted by Gasteiger charge is 2.37. The third-order valence-electron chi connectivity index (χ3n) is 6.87. The molecule has 2 heterocycles. The fourth-order valence-corrected chi connectivity index (χ4v) is 5.86. The Labute approximate surface area is 239 Å². The minimum atomic E-state index is -1.04. The molecule has 1 aliphatic heterocycles. The first kappa shape index (κ1) is 28.9. The molecule has 3 aromatic rings. The average Bonchev–Trinajstić information content (AvgIpc) is 3.40. The molecule has 0 bridgehead atoms. The number of aryl methyl sites for hydroxylation is 2. The van der Waals surface area contributed by atoms with Crippen molar-refractivity contribution in [2.75, 3.05) is 19.7 Å². The number of amides is 2. The van der Waals surface area contributed by atoms with Gasteiger partial charge in [0.2, 0.25) is 0 Å². The van der Waals surface area contributed by atoms with Gasteiger partial charge in [-0.05, 0) is 70.7 Å². The van der Waals surface area contributed by atoms with Gasteiger partial charge in [-0.15, -0.1) is 11.3 Å². The molecule has 1 saturated heterocycles. The second-order valence-electron chi connectivity index (χ2n) is 10.6. The van der Waals surface area contributed by atoms with E-state index in [9.17, 15) is 9.59 Å². The number of halogens is 1. The first-order valence-electron chi connectivity index (χ1n) is 13.2. The third kappa shape index (κ3) is 7.11. The zero-order chi connectivity index (χ0) is 28.2. The van der Waals surface area contributed by atoms with Gasteiger partial charge >= 0.3 is 0 Å². The molecule has 1 N–H and O–H groups in total. The molecule has 9 heteroatoms. The van der Waals surface area contributed by atoms with Crippen LogP contribution in [0.5, 0.6) is 11.5 Å². The summed E-state index contributed by atoms with van der Waals surface area (Å²) in [5, 5.41) is 6.20. The highest BCUT2D eigenvalue weighted by Crippen LogP contribution is 2.33. The van der Waals surface area contributed by atoms with Gasteiger partial charge in [-0.1, -0.05) is 41.9 Å². The Morgan fingerprint density at radius 2 is 1.79 bits per heavy atom. The molecular weight excluding hydrogens is 534 g/mol. The number of nitrogens with zero attached hydrogens (tertiary/aromatic N) is 2. The number of hydrogen-bond donors (Lipinski definition) is 1. The van der Waals surface area contributed by atoms with Gasteiger partial charge in [0.25, 0.3) is 11.8 Å². The van der Waals surface area contributed by atoms with Crippen LogP contribution in [0.25, 0.3) is 0 Å². The van der Waals surface area contributed by atoms with Crippen molar-refractivity contribution >= 4 is 34.8 Å². The quantitative estimate of drug-likeness (QED) is 0.333. The smallest absolute Gasteiger partial charge is 0.271 e. The molecule has 1 unspecified atom stereocenters. The zero-order valence-corrected chi connectivity index (χ0v) is 24.7. The lowest BCUT2D eigenvalue weighted by Crippen LogP contribution is -2.51. The third-order valence-corrected chi connectivity index (χ3v) is 8.19. The van der Waals surface area contributed by atoms with Gasteiger partial charge in [-0.2, -0.15) is 0 Å². The predicted octanol–water partition coefficient (Wildman–Crippen LogP) is 6.17. The summed E-state index contributed by atoms with van der Waals surface area (Å²) in [5.41, 5.74) is 1.52. The van der Waals surface area contributed by atoms with Crippen LogP contribution in [0.3, 0.4) is 0 Å². The number of hydrogen-bond acceptors (Lipinski definition) is 6. The molecule has 2 amide bonds. The summed E-state index contributed by atoms with van der Waals surface area (Å²) in [6, 6.07) is 13.0. The summed E-state index contributed by atoms with van der Waals surface area (Å²) in [7, 11) is 0. The Morgan fingerprint density at radius 3 is 2.46 bits per heavy atom. The summed E-state index contributed by atoms with van der Waals surface area (Å²) in [4.78, 5) is 32.5. The minimum absolute atomic E-state index is 0.0721. The Hall–Kier alpha value is -3.10. The largest absolute Gasteiger partial charge is 0.491 e. The van der Waals surface area contributed by atoms with Crippen LogP contribution in [0.4, 0.5) is 0 Å². The van der Waals surface area contributed by atoms with E-state index in [4.69, 9.17) is 21.1 Å². The molecule has 0 saturated carbocycles. The number of rotatable bonds is 9. The maximum Gasteiger partial charge on any atom is 0.271 e. The molecule has 1 aromatic heterocycles. The number of carbonyl (C=O) groups excluding carboxylic acids is 2. The van der Waals surface area contributed by atoms with Gasteiger partial charge in [0.05, 0.1) is 16.1 Å². The van der Waals surface area contributed by atoms with Gasteiger partial charge < -0.3 is 19.7 Å². The van der Waals surface area contributed by atoms with E-state index in [0.717, 1.165) is 34.7 Å². The average molecular weight is 570 g/mol. The van der Waals surface area contributed by atoms with E-state index in [1.165, 1.54) is 11.3 Å². The van der Waals surface area contributed by atoms with Crippen LogP contribution in [0.2, 0.25) is 5.02 Å². The number of thiazole rings is 1. The maximum atomic E-state index is 13.2. The molecule has 0 aliphatic carbocycles. The van der Waals surface area contributed by atoms with Crippen molar-refractivity contribution in [2.45, 2.75) is 65.0 Å². The first-order valence-corrected chi connectivity index (χ1v) is 14.5. The highest BCUT2D eigenvalue weighted by atomic mass is 35.5. The number of aromatic nitrogens is 1. The number of carbonyl (C=O) groups is 2. The Bertz CT molecular complexity index is 1300. The zero-order valence-electron chi connectivity index (χ0n) is 23.1. The number of nitrogens with one attached hydrogen (secondary N) is 1. The number of para-hydroxylation sites is 2. The van der Waals surface area contributed by atoms with Crippen LogP contribution in [0.15, 0.2) is 47.8 Å². The van der Waals surface area contributed by atoms with Crippen LogP contribution in [0, 0.1) is 13.8 Å². The SMILES string of the molecule is Cc1cccc(C)c1OCC(C)NC(=O)c1csc(C2CCN(C(=O)C(C)(C)Oc3ccccc3Cl)CC2)n1. The van der Waals surface area contributed by atoms with E-state index in [1.807, 2.05) is 61.4 Å². The van der Waals surface area contributed by atoms with E-state index in [-0.39, 0.29) is 23.8 Å². The van der Waals surface area contributed by atoms with Gasteiger partial charge in [0.15, 0.2) is 5.60 Å². The Morgan fingerprint density at radius 1 is 1.13 bits per heavy atom. The van der Waals surface area contributed by atoms with Crippen LogP contribution < -0.4 is 14.8 Å². The molecule has 0 spiro atoms. The number of likely N-dealkylation sites (tertiary alicyclic amines) is 1. The van der Waals surface area contributed by atoms with Crippen molar-refractivity contribution in [1.82, 2.24) is 15.2 Å². The summed E-state index contributed by atoms with van der Waals surface area (Å²) >= 11 is 7.72. The van der Waals surface area contributed by atoms with Gasteiger partial charge in [-0.3, -0.25) is 9.59 Å². The second-order valence-corrected chi connectivity index (χ2v) is 11.9. The van der Waals surface area contributed by atoms with Crippen molar-refractivity contribution < 1.29 is 19.1 Å². The molecule has 39 heavy (non-hydrogen) atoms. The van der Waals surface area contributed by atoms with E-state index in [1.54, 1.807) is 26.0 Å². The highest BCUT2D eigenvalue weighted by molar-refractivity contribution is 7.09. The molecule has 4 rings (SSSR count). The van der Waals surface area contributed by atoms with Gasteiger partial charge in [0.1, 0.15) is 23.8 Å². The van der Waals surface area contributed by atoms with Crippen LogP contribution in [-0.2, 0) is 4.79 Å². The van der Waals surface area contributed by atoms with Crippen molar-refractivity contribution in [3.05, 3.63) is 74.7 Å². The van der Waals surface area contributed by atoms with E-state index in [0.29, 0.717) is 36.2 Å². The fraction of sp³-hybridized carbons (Fsp3) is 0.433. The lowest BCUT2D eigenvalue weighted by molar-refractivity contribution is -0.146. The molecule has 1 atom stereocenters. The normalized spacial score (nSPS) is 15.1. The van der Waals surface area contributed by atoms with Crippen molar-refractivity contribution in [2.24, 2.45) is 0 Å². The Balaban J connectivity index is 1.27. The predicted molar refractivity (Wildman–Crippen MR) is 155 cm³/mol. The lowest BCUT2D eigenvalue weighted by Gasteiger charge is -2.36. The molecule has 1 aliphatic rings. The molecule has 7 nitrogen and oxygen atoms in total. The number of benzene rings is 2. The summed E-state index contributed by atoms with van der Waals surface area (Å²) < 4.78 is 12.0. The lowest BCUT2D eigenvalue weighted by atomic mass is 9.96. The molecule has 0 radical (unpaired) electrons. The maximum absolute atomic E-state index is 13.2. The second kappa shape index (κ2) is 12.4. The van der Waals surface area contributed by atoms with Crippen LogP contribution in [0.1, 0.15) is 66.2 Å². The van der Waals surface area contributed by atoms with Gasteiger partial charge in [0, 0.05) is 24.4 Å². The summed E-state index contributed by atoms with van der Waals surface area (Å²) in [6.45, 7) is 11.1. The molecule has 208 valence electrons. The number of ether oxygens (including phenoxy) is 2.